The Bertz CT molecular complexity index is 1410. The highest BCUT2D eigenvalue weighted by molar-refractivity contribution is 7.87. The molecule has 1 aromatic carbocycles. The van der Waals surface area contributed by atoms with E-state index in [1.165, 1.54) is 18.5 Å². The molecule has 1 aliphatic heterocycles. The fourth-order valence-electron chi connectivity index (χ4n) is 4.65. The number of hydrogen-bond donors (Lipinski definition) is 0. The quantitative estimate of drug-likeness (QED) is 0.312. The maximum absolute atomic E-state index is 13.3. The molecule has 3 heterocycles. The topological polar surface area (TPSA) is 83.3 Å². The molecule has 0 saturated carbocycles. The van der Waals surface area contributed by atoms with Crippen LogP contribution >= 0.6 is 11.6 Å². The van der Waals surface area contributed by atoms with Gasteiger partial charge in [0.1, 0.15) is 0 Å². The van der Waals surface area contributed by atoms with Gasteiger partial charge in [0.15, 0.2) is 12.0 Å². The van der Waals surface area contributed by atoms with Crippen LogP contribution in [0.5, 0.6) is 0 Å². The summed E-state index contributed by atoms with van der Waals surface area (Å²) in [4.78, 5) is 3.92. The lowest BCUT2D eigenvalue weighted by Crippen LogP contribution is -2.25. The molecule has 186 valence electrons. The molecule has 0 N–H and O–H groups in total. The maximum Gasteiger partial charge on any atom is 0.534 e. The molecule has 0 radical (unpaired) electrons. The maximum atomic E-state index is 13.3. The molecule has 0 amide bonds. The van der Waals surface area contributed by atoms with E-state index in [9.17, 15) is 21.6 Å². The fraction of sp³-hybridized carbons (Fsp3) is 0.391. The van der Waals surface area contributed by atoms with Gasteiger partial charge in [0.2, 0.25) is 0 Å². The van der Waals surface area contributed by atoms with E-state index in [2.05, 4.69) is 10.1 Å². The van der Waals surface area contributed by atoms with Crippen molar-refractivity contribution in [1.29, 1.82) is 0 Å². The minimum absolute atomic E-state index is 0.180. The third kappa shape index (κ3) is 4.41. The zero-order valence-corrected chi connectivity index (χ0v) is 20.0. The molecule has 5 rings (SSSR count). The van der Waals surface area contributed by atoms with Crippen LogP contribution in [0.4, 0.5) is 13.2 Å². The first-order chi connectivity index (χ1) is 16.7. The van der Waals surface area contributed by atoms with E-state index < -0.39 is 15.6 Å². The number of allylic oxidation sites excluding steroid dienone is 1. The predicted octanol–water partition coefficient (Wildman–Crippen LogP) is 5.85. The molecule has 7 nitrogen and oxygen atoms in total. The Labute approximate surface area is 204 Å². The summed E-state index contributed by atoms with van der Waals surface area (Å²) in [5, 5.41) is 5.39. The SMILES string of the molecule is O=S(=O)(OC1=C(c2ccncc2Cl)CCCc2c1ccc1c2cnn1C1CCCCO1)C(F)(F)F. The number of benzene rings is 1. The van der Waals surface area contributed by atoms with Gasteiger partial charge in [0.05, 0.1) is 16.7 Å². The van der Waals surface area contributed by atoms with Crippen LogP contribution in [0, 0.1) is 0 Å². The number of hydrogen-bond acceptors (Lipinski definition) is 6. The molecule has 1 aliphatic carbocycles. The lowest BCUT2D eigenvalue weighted by Gasteiger charge is -2.23. The summed E-state index contributed by atoms with van der Waals surface area (Å²) in [5.74, 6) is -0.383. The van der Waals surface area contributed by atoms with Gasteiger partial charge in [0.25, 0.3) is 0 Å². The van der Waals surface area contributed by atoms with Gasteiger partial charge in [-0.2, -0.15) is 26.7 Å². The fourth-order valence-corrected chi connectivity index (χ4v) is 5.39. The number of pyridine rings is 1. The Hall–Kier alpha value is -2.63. The van der Waals surface area contributed by atoms with Crippen LogP contribution in [0.2, 0.25) is 5.02 Å². The Balaban J connectivity index is 1.71. The third-order valence-electron chi connectivity index (χ3n) is 6.27. The number of nitrogens with zero attached hydrogens (tertiary/aromatic N) is 3. The Kier molecular flexibility index (Phi) is 6.27. The highest BCUT2D eigenvalue weighted by Gasteiger charge is 2.49. The van der Waals surface area contributed by atoms with Crippen molar-refractivity contribution in [2.45, 2.75) is 50.3 Å². The van der Waals surface area contributed by atoms with Crippen LogP contribution in [0.3, 0.4) is 0 Å². The minimum Gasteiger partial charge on any atom is -0.375 e. The van der Waals surface area contributed by atoms with E-state index in [1.807, 2.05) is 0 Å². The largest absolute Gasteiger partial charge is 0.534 e. The van der Waals surface area contributed by atoms with Gasteiger partial charge in [-0.05, 0) is 62.3 Å². The number of halogens is 4. The van der Waals surface area contributed by atoms with E-state index in [0.29, 0.717) is 36.0 Å². The van der Waals surface area contributed by atoms with Gasteiger partial charge in [0, 0.05) is 41.1 Å². The van der Waals surface area contributed by atoms with Gasteiger partial charge < -0.3 is 8.92 Å². The summed E-state index contributed by atoms with van der Waals surface area (Å²) in [7, 11) is -5.93. The molecule has 1 saturated heterocycles. The smallest absolute Gasteiger partial charge is 0.375 e. The third-order valence-corrected chi connectivity index (χ3v) is 7.52. The molecule has 0 bridgehead atoms. The molecule has 3 aromatic rings. The van der Waals surface area contributed by atoms with Crippen molar-refractivity contribution in [2.75, 3.05) is 6.61 Å². The Morgan fingerprint density at radius 3 is 2.63 bits per heavy atom. The van der Waals surface area contributed by atoms with Gasteiger partial charge in [-0.1, -0.05) is 11.6 Å². The summed E-state index contributed by atoms with van der Waals surface area (Å²) in [5.41, 5.74) is -3.27. The number of fused-ring (bicyclic) bond motifs is 3. The summed E-state index contributed by atoms with van der Waals surface area (Å²) >= 11 is 6.30. The molecule has 1 fully saturated rings. The zero-order valence-electron chi connectivity index (χ0n) is 18.4. The first kappa shape index (κ1) is 24.1. The summed E-state index contributed by atoms with van der Waals surface area (Å²) in [6, 6.07) is 4.82. The van der Waals surface area contributed by atoms with E-state index in [1.54, 1.807) is 23.0 Å². The van der Waals surface area contributed by atoms with Crippen LogP contribution in [0.25, 0.3) is 22.2 Å². The van der Waals surface area contributed by atoms with Crippen molar-refractivity contribution in [3.8, 4) is 0 Å². The lowest BCUT2D eigenvalue weighted by atomic mass is 9.98. The second-order valence-corrected chi connectivity index (χ2v) is 10.4. The van der Waals surface area contributed by atoms with Crippen molar-refractivity contribution in [2.24, 2.45) is 0 Å². The van der Waals surface area contributed by atoms with Crippen molar-refractivity contribution in [3.05, 3.63) is 58.5 Å². The number of aryl methyl sites for hydroxylation is 1. The second kappa shape index (κ2) is 9.11. The lowest BCUT2D eigenvalue weighted by molar-refractivity contribution is -0.0509. The first-order valence-electron chi connectivity index (χ1n) is 11.1. The normalized spacial score (nSPS) is 19.5. The van der Waals surface area contributed by atoms with E-state index in [-0.39, 0.29) is 34.6 Å². The predicted molar refractivity (Wildman–Crippen MR) is 124 cm³/mol. The number of alkyl halides is 3. The van der Waals surface area contributed by atoms with E-state index >= 15 is 0 Å². The molecule has 1 unspecified atom stereocenters. The van der Waals surface area contributed by atoms with E-state index in [0.717, 1.165) is 24.8 Å². The minimum atomic E-state index is -5.93. The van der Waals surface area contributed by atoms with Crippen LogP contribution in [0.1, 0.15) is 55.0 Å². The Morgan fingerprint density at radius 2 is 1.91 bits per heavy atom. The van der Waals surface area contributed by atoms with Crippen molar-refractivity contribution >= 4 is 44.0 Å². The summed E-state index contributed by atoms with van der Waals surface area (Å²) < 4.78 is 76.7. The highest BCUT2D eigenvalue weighted by Crippen LogP contribution is 2.43. The van der Waals surface area contributed by atoms with Crippen molar-refractivity contribution in [3.63, 3.8) is 0 Å². The standard InChI is InChI=1S/C23H21ClF3N3O4S/c24-19-13-28-10-9-15(19)16-5-3-4-14-17(22(16)34-35(31,32)23(25,26)27)7-8-20-18(14)12-29-30(20)21-6-1-2-11-33-21/h7-10,12-13,21H,1-6,11H2. The molecule has 0 spiro atoms. The average Bonchev–Trinajstić information content (AvgIpc) is 3.18. The zero-order chi connectivity index (χ0) is 24.8. The van der Waals surface area contributed by atoms with Crippen LogP contribution in [-0.4, -0.2) is 35.3 Å². The van der Waals surface area contributed by atoms with Crippen LogP contribution < -0.4 is 0 Å². The first-order valence-corrected chi connectivity index (χ1v) is 12.9. The number of ether oxygens (including phenoxy) is 1. The van der Waals surface area contributed by atoms with Gasteiger partial charge in [-0.15, -0.1) is 0 Å². The number of aromatic nitrogens is 3. The molecule has 12 heteroatoms. The van der Waals surface area contributed by atoms with Gasteiger partial charge in [-0.25, -0.2) is 4.68 Å². The molecule has 35 heavy (non-hydrogen) atoms. The monoisotopic (exact) mass is 527 g/mol. The van der Waals surface area contributed by atoms with Crippen molar-refractivity contribution < 1.29 is 30.5 Å². The summed E-state index contributed by atoms with van der Waals surface area (Å²) in [6.07, 6.45) is 8.25. The molecular weight excluding hydrogens is 507 g/mol. The van der Waals surface area contributed by atoms with Crippen LogP contribution in [-0.2, 0) is 25.5 Å². The second-order valence-electron chi connectivity index (χ2n) is 8.43. The van der Waals surface area contributed by atoms with Crippen molar-refractivity contribution in [1.82, 2.24) is 14.8 Å². The molecule has 2 aromatic heterocycles. The van der Waals surface area contributed by atoms with Gasteiger partial charge >= 0.3 is 15.6 Å². The molecular formula is C23H21ClF3N3O4S. The van der Waals surface area contributed by atoms with Gasteiger partial charge in [-0.3, -0.25) is 4.98 Å². The number of rotatable bonds is 4. The molecule has 1 atom stereocenters. The average molecular weight is 528 g/mol. The molecule has 2 aliphatic rings. The summed E-state index contributed by atoms with van der Waals surface area (Å²) in [6.45, 7) is 0.628. The van der Waals surface area contributed by atoms with E-state index in [4.69, 9.17) is 20.5 Å². The van der Waals surface area contributed by atoms with Crippen LogP contribution in [0.15, 0.2) is 36.8 Å². The highest BCUT2D eigenvalue weighted by atomic mass is 35.5. The Morgan fingerprint density at radius 1 is 1.09 bits per heavy atom.